The molecule has 2 heteroatoms. The SMILES string of the molecule is CC1(C)CNc2ncccc21. The molecule has 1 aromatic rings. The van der Waals surface area contributed by atoms with E-state index in [2.05, 4.69) is 30.2 Å². The molecule has 0 fully saturated rings. The van der Waals surface area contributed by atoms with Gasteiger partial charge in [0.05, 0.1) is 0 Å². The lowest BCUT2D eigenvalue weighted by Crippen LogP contribution is -2.18. The molecular weight excluding hydrogens is 136 g/mol. The van der Waals surface area contributed by atoms with Gasteiger partial charge in [-0.15, -0.1) is 0 Å². The first-order valence-corrected chi connectivity index (χ1v) is 3.89. The molecule has 0 unspecified atom stereocenters. The third-order valence-corrected chi connectivity index (χ3v) is 2.23. The van der Waals surface area contributed by atoms with Crippen LogP contribution in [0.1, 0.15) is 19.4 Å². The number of nitrogens with one attached hydrogen (secondary N) is 1. The first kappa shape index (κ1) is 6.65. The highest BCUT2D eigenvalue weighted by molar-refractivity contribution is 5.53. The molecule has 0 saturated carbocycles. The van der Waals surface area contributed by atoms with E-state index in [1.807, 2.05) is 12.3 Å². The van der Waals surface area contributed by atoms with Gasteiger partial charge in [0.15, 0.2) is 0 Å². The molecule has 2 rings (SSSR count). The van der Waals surface area contributed by atoms with Crippen LogP contribution in [0.3, 0.4) is 0 Å². The molecule has 0 aromatic carbocycles. The van der Waals surface area contributed by atoms with Gasteiger partial charge in [-0.2, -0.15) is 0 Å². The topological polar surface area (TPSA) is 24.9 Å². The van der Waals surface area contributed by atoms with Crippen molar-refractivity contribution in [2.45, 2.75) is 19.3 Å². The number of nitrogens with zero attached hydrogens (tertiary/aromatic N) is 1. The van der Waals surface area contributed by atoms with Gasteiger partial charge < -0.3 is 5.32 Å². The zero-order valence-electron chi connectivity index (χ0n) is 6.89. The molecule has 0 amide bonds. The highest BCUT2D eigenvalue weighted by atomic mass is 15.0. The quantitative estimate of drug-likeness (QED) is 0.606. The van der Waals surface area contributed by atoms with Crippen molar-refractivity contribution in [1.82, 2.24) is 4.98 Å². The zero-order chi connectivity index (χ0) is 7.90. The van der Waals surface area contributed by atoms with Gasteiger partial charge in [-0.05, 0) is 6.07 Å². The van der Waals surface area contributed by atoms with Gasteiger partial charge in [0.2, 0.25) is 0 Å². The molecular formula is C9H12N2. The molecule has 2 nitrogen and oxygen atoms in total. The molecule has 1 aliphatic rings. The monoisotopic (exact) mass is 148 g/mol. The summed E-state index contributed by atoms with van der Waals surface area (Å²) in [6, 6.07) is 4.13. The number of aromatic nitrogens is 1. The molecule has 0 bridgehead atoms. The molecule has 1 N–H and O–H groups in total. The summed E-state index contributed by atoms with van der Waals surface area (Å²) >= 11 is 0. The maximum atomic E-state index is 4.24. The van der Waals surface area contributed by atoms with Gasteiger partial charge in [0.25, 0.3) is 0 Å². The Labute approximate surface area is 66.7 Å². The van der Waals surface area contributed by atoms with E-state index in [1.54, 1.807) is 0 Å². The van der Waals surface area contributed by atoms with Crippen LogP contribution in [0.25, 0.3) is 0 Å². The molecule has 2 heterocycles. The standard InChI is InChI=1S/C9H12N2/c1-9(2)6-11-8-7(9)4-3-5-10-8/h3-5H,6H2,1-2H3,(H,10,11). The number of pyridine rings is 1. The second kappa shape index (κ2) is 1.97. The Kier molecular flexibility index (Phi) is 1.19. The Bertz CT molecular complexity index is 279. The fraction of sp³-hybridized carbons (Fsp3) is 0.444. The van der Waals surface area contributed by atoms with Gasteiger partial charge in [0.1, 0.15) is 5.82 Å². The van der Waals surface area contributed by atoms with Crippen LogP contribution in [0.5, 0.6) is 0 Å². The second-order valence-electron chi connectivity index (χ2n) is 3.64. The first-order valence-electron chi connectivity index (χ1n) is 3.89. The molecule has 11 heavy (non-hydrogen) atoms. The summed E-state index contributed by atoms with van der Waals surface area (Å²) in [4.78, 5) is 4.24. The zero-order valence-corrected chi connectivity index (χ0v) is 6.89. The third-order valence-electron chi connectivity index (χ3n) is 2.23. The molecule has 0 saturated heterocycles. The van der Waals surface area contributed by atoms with Gasteiger partial charge in [0, 0.05) is 23.7 Å². The normalized spacial score (nSPS) is 19.1. The fourth-order valence-electron chi connectivity index (χ4n) is 1.49. The van der Waals surface area contributed by atoms with Crippen LogP contribution < -0.4 is 5.32 Å². The van der Waals surface area contributed by atoms with E-state index in [1.165, 1.54) is 5.56 Å². The number of hydrogen-bond donors (Lipinski definition) is 1. The second-order valence-corrected chi connectivity index (χ2v) is 3.64. The van der Waals surface area contributed by atoms with Gasteiger partial charge in [-0.1, -0.05) is 19.9 Å². The van der Waals surface area contributed by atoms with E-state index in [0.29, 0.717) is 0 Å². The van der Waals surface area contributed by atoms with Crippen LogP contribution in [0, 0.1) is 0 Å². The number of anilines is 1. The smallest absolute Gasteiger partial charge is 0.129 e. The molecule has 0 aliphatic carbocycles. The fourth-order valence-corrected chi connectivity index (χ4v) is 1.49. The van der Waals surface area contributed by atoms with Crippen molar-refractivity contribution >= 4 is 5.82 Å². The van der Waals surface area contributed by atoms with Crippen LogP contribution in [0.15, 0.2) is 18.3 Å². The summed E-state index contributed by atoms with van der Waals surface area (Å²) in [6.07, 6.45) is 1.83. The van der Waals surface area contributed by atoms with Crippen molar-refractivity contribution in [3.8, 4) is 0 Å². The minimum Gasteiger partial charge on any atom is -0.369 e. The van der Waals surface area contributed by atoms with E-state index in [4.69, 9.17) is 0 Å². The van der Waals surface area contributed by atoms with E-state index in [-0.39, 0.29) is 5.41 Å². The Morgan fingerprint density at radius 3 is 3.09 bits per heavy atom. The summed E-state index contributed by atoms with van der Waals surface area (Å²) in [5, 5.41) is 3.28. The summed E-state index contributed by atoms with van der Waals surface area (Å²) in [5.74, 6) is 1.05. The van der Waals surface area contributed by atoms with Gasteiger partial charge in [-0.3, -0.25) is 0 Å². The molecule has 0 atom stereocenters. The molecule has 0 spiro atoms. The minimum atomic E-state index is 0.254. The molecule has 58 valence electrons. The van der Waals surface area contributed by atoms with Crippen molar-refractivity contribution in [2.24, 2.45) is 0 Å². The van der Waals surface area contributed by atoms with Crippen molar-refractivity contribution in [1.29, 1.82) is 0 Å². The predicted molar refractivity (Wildman–Crippen MR) is 45.8 cm³/mol. The van der Waals surface area contributed by atoms with Crippen LogP contribution in [-0.4, -0.2) is 11.5 Å². The first-order chi connectivity index (χ1) is 5.20. The van der Waals surface area contributed by atoms with Crippen LogP contribution in [0.4, 0.5) is 5.82 Å². The summed E-state index contributed by atoms with van der Waals surface area (Å²) < 4.78 is 0. The van der Waals surface area contributed by atoms with Gasteiger partial charge in [-0.25, -0.2) is 4.98 Å². The molecule has 1 aliphatic heterocycles. The number of fused-ring (bicyclic) bond motifs is 1. The van der Waals surface area contributed by atoms with Crippen LogP contribution >= 0.6 is 0 Å². The lowest BCUT2D eigenvalue weighted by Gasteiger charge is -2.15. The van der Waals surface area contributed by atoms with E-state index in [9.17, 15) is 0 Å². The van der Waals surface area contributed by atoms with Crippen LogP contribution in [-0.2, 0) is 5.41 Å². The lowest BCUT2D eigenvalue weighted by molar-refractivity contribution is 0.586. The number of hydrogen-bond acceptors (Lipinski definition) is 2. The van der Waals surface area contributed by atoms with Crippen molar-refractivity contribution in [2.75, 3.05) is 11.9 Å². The van der Waals surface area contributed by atoms with E-state index < -0.39 is 0 Å². The number of rotatable bonds is 0. The summed E-state index contributed by atoms with van der Waals surface area (Å²) in [5.41, 5.74) is 1.59. The third kappa shape index (κ3) is 0.897. The average molecular weight is 148 g/mol. The average Bonchev–Trinajstić information content (AvgIpc) is 2.29. The Morgan fingerprint density at radius 1 is 1.55 bits per heavy atom. The van der Waals surface area contributed by atoms with Crippen molar-refractivity contribution in [3.63, 3.8) is 0 Å². The van der Waals surface area contributed by atoms with E-state index >= 15 is 0 Å². The minimum absolute atomic E-state index is 0.254. The Morgan fingerprint density at radius 2 is 2.36 bits per heavy atom. The maximum absolute atomic E-state index is 4.24. The molecule has 1 aromatic heterocycles. The maximum Gasteiger partial charge on any atom is 0.129 e. The van der Waals surface area contributed by atoms with Crippen LogP contribution in [0.2, 0.25) is 0 Å². The van der Waals surface area contributed by atoms with Crippen molar-refractivity contribution < 1.29 is 0 Å². The Balaban J connectivity index is 2.56. The lowest BCUT2D eigenvalue weighted by atomic mass is 9.88. The summed E-state index contributed by atoms with van der Waals surface area (Å²) in [6.45, 7) is 5.46. The molecule has 0 radical (unpaired) electrons. The highest BCUT2D eigenvalue weighted by Gasteiger charge is 2.29. The van der Waals surface area contributed by atoms with Crippen molar-refractivity contribution in [3.05, 3.63) is 23.9 Å². The van der Waals surface area contributed by atoms with E-state index in [0.717, 1.165) is 12.4 Å². The highest BCUT2D eigenvalue weighted by Crippen LogP contribution is 2.33. The predicted octanol–water partition coefficient (Wildman–Crippen LogP) is 1.78. The summed E-state index contributed by atoms with van der Waals surface area (Å²) in [7, 11) is 0. The van der Waals surface area contributed by atoms with Gasteiger partial charge >= 0.3 is 0 Å². The Hall–Kier alpha value is -1.05. The largest absolute Gasteiger partial charge is 0.369 e.